The van der Waals surface area contributed by atoms with Crippen LogP contribution in [0.2, 0.25) is 0 Å². The van der Waals surface area contributed by atoms with E-state index in [-0.39, 0.29) is 23.6 Å². The van der Waals surface area contributed by atoms with Gasteiger partial charge in [0.2, 0.25) is 0 Å². The molecule has 1 fully saturated rings. The van der Waals surface area contributed by atoms with E-state index in [1.54, 1.807) is 11.0 Å². The number of ether oxygens (including phenoxy) is 1. The first kappa shape index (κ1) is 13.5. The van der Waals surface area contributed by atoms with Crippen molar-refractivity contribution in [1.29, 1.82) is 0 Å². The number of rotatable bonds is 1. The molecule has 5 heteroatoms. The third-order valence-corrected chi connectivity index (χ3v) is 3.52. The predicted octanol–water partition coefficient (Wildman–Crippen LogP) is 2.84. The SMILES string of the molecule is CC1CN(C(=O)c2cc(Br)ccc2F)C(C)CO1. The van der Waals surface area contributed by atoms with Gasteiger partial charge in [-0.25, -0.2) is 4.39 Å². The van der Waals surface area contributed by atoms with Crippen LogP contribution in [0.15, 0.2) is 22.7 Å². The molecule has 0 spiro atoms. The van der Waals surface area contributed by atoms with Crippen molar-refractivity contribution in [1.82, 2.24) is 4.90 Å². The van der Waals surface area contributed by atoms with E-state index in [0.717, 1.165) is 0 Å². The number of carbonyl (C=O) groups excluding carboxylic acids is 1. The summed E-state index contributed by atoms with van der Waals surface area (Å²) in [6.07, 6.45) is -0.0136. The Balaban J connectivity index is 2.27. The third-order valence-electron chi connectivity index (χ3n) is 3.03. The summed E-state index contributed by atoms with van der Waals surface area (Å²) in [6.45, 7) is 4.79. The standard InChI is InChI=1S/C13H15BrFNO2/c1-8-7-18-9(2)6-16(8)13(17)11-5-10(14)3-4-12(11)15/h3-5,8-9H,6-7H2,1-2H3. The zero-order chi connectivity index (χ0) is 13.3. The van der Waals surface area contributed by atoms with Gasteiger partial charge in [-0.3, -0.25) is 4.79 Å². The van der Waals surface area contributed by atoms with Crippen LogP contribution in [0.1, 0.15) is 24.2 Å². The van der Waals surface area contributed by atoms with Gasteiger partial charge in [0.25, 0.3) is 5.91 Å². The molecule has 0 radical (unpaired) electrons. The molecular formula is C13H15BrFNO2. The summed E-state index contributed by atoms with van der Waals surface area (Å²) in [5.41, 5.74) is 0.102. The first-order valence-corrected chi connectivity index (χ1v) is 6.66. The Labute approximate surface area is 114 Å². The molecule has 0 aromatic heterocycles. The summed E-state index contributed by atoms with van der Waals surface area (Å²) < 4.78 is 19.9. The van der Waals surface area contributed by atoms with Crippen molar-refractivity contribution in [3.05, 3.63) is 34.1 Å². The van der Waals surface area contributed by atoms with Crippen LogP contribution in [0.4, 0.5) is 4.39 Å². The van der Waals surface area contributed by atoms with Crippen LogP contribution in [-0.2, 0) is 4.74 Å². The van der Waals surface area contributed by atoms with E-state index < -0.39 is 5.82 Å². The molecule has 0 N–H and O–H groups in total. The van der Waals surface area contributed by atoms with Gasteiger partial charge in [0.05, 0.1) is 24.3 Å². The molecule has 0 aliphatic carbocycles. The maximum absolute atomic E-state index is 13.7. The molecule has 1 aromatic carbocycles. The maximum atomic E-state index is 13.7. The van der Waals surface area contributed by atoms with Crippen LogP contribution < -0.4 is 0 Å². The Hall–Kier alpha value is -0.940. The third kappa shape index (κ3) is 2.72. The van der Waals surface area contributed by atoms with Crippen molar-refractivity contribution in [2.45, 2.75) is 26.0 Å². The van der Waals surface area contributed by atoms with Crippen LogP contribution in [-0.4, -0.2) is 36.1 Å². The topological polar surface area (TPSA) is 29.5 Å². The highest BCUT2D eigenvalue weighted by molar-refractivity contribution is 9.10. The van der Waals surface area contributed by atoms with Crippen molar-refractivity contribution in [2.75, 3.05) is 13.2 Å². The van der Waals surface area contributed by atoms with Crippen LogP contribution in [0.5, 0.6) is 0 Å². The molecule has 0 bridgehead atoms. The van der Waals surface area contributed by atoms with Crippen LogP contribution in [0, 0.1) is 5.82 Å². The number of amides is 1. The summed E-state index contributed by atoms with van der Waals surface area (Å²) in [5.74, 6) is -0.772. The van der Waals surface area contributed by atoms with Crippen LogP contribution in [0.25, 0.3) is 0 Å². The molecule has 18 heavy (non-hydrogen) atoms. The number of nitrogens with zero attached hydrogens (tertiary/aromatic N) is 1. The maximum Gasteiger partial charge on any atom is 0.257 e. The molecule has 1 aliphatic rings. The van der Waals surface area contributed by atoms with E-state index in [2.05, 4.69) is 15.9 Å². The summed E-state index contributed by atoms with van der Waals surface area (Å²) >= 11 is 3.25. The lowest BCUT2D eigenvalue weighted by molar-refractivity contribution is -0.0388. The minimum atomic E-state index is -0.491. The van der Waals surface area contributed by atoms with Crippen molar-refractivity contribution in [3.8, 4) is 0 Å². The van der Waals surface area contributed by atoms with Gasteiger partial charge in [-0.2, -0.15) is 0 Å². The highest BCUT2D eigenvalue weighted by Gasteiger charge is 2.29. The van der Waals surface area contributed by atoms with Gasteiger partial charge in [-0.05, 0) is 32.0 Å². The number of benzene rings is 1. The molecule has 1 heterocycles. The summed E-state index contributed by atoms with van der Waals surface area (Å²) in [5, 5.41) is 0. The minimum absolute atomic E-state index is 0.0136. The zero-order valence-corrected chi connectivity index (χ0v) is 11.9. The Bertz CT molecular complexity index is 466. The second-order valence-corrected chi connectivity index (χ2v) is 5.49. The van der Waals surface area contributed by atoms with Gasteiger partial charge in [0, 0.05) is 11.0 Å². The second kappa shape index (κ2) is 5.36. The molecule has 1 aliphatic heterocycles. The molecule has 98 valence electrons. The van der Waals surface area contributed by atoms with Gasteiger partial charge in [0.1, 0.15) is 5.82 Å². The van der Waals surface area contributed by atoms with Crippen LogP contribution >= 0.6 is 15.9 Å². The van der Waals surface area contributed by atoms with E-state index in [1.807, 2.05) is 13.8 Å². The highest BCUT2D eigenvalue weighted by Crippen LogP contribution is 2.20. The Morgan fingerprint density at radius 2 is 2.22 bits per heavy atom. The van der Waals surface area contributed by atoms with Crippen LogP contribution in [0.3, 0.4) is 0 Å². The van der Waals surface area contributed by atoms with E-state index in [9.17, 15) is 9.18 Å². The highest BCUT2D eigenvalue weighted by atomic mass is 79.9. The Morgan fingerprint density at radius 1 is 1.50 bits per heavy atom. The molecular weight excluding hydrogens is 301 g/mol. The predicted molar refractivity (Wildman–Crippen MR) is 70.0 cm³/mol. The lowest BCUT2D eigenvalue weighted by Gasteiger charge is -2.36. The number of carbonyl (C=O) groups is 1. The first-order valence-electron chi connectivity index (χ1n) is 5.86. The van der Waals surface area contributed by atoms with Gasteiger partial charge >= 0.3 is 0 Å². The van der Waals surface area contributed by atoms with Crippen molar-refractivity contribution >= 4 is 21.8 Å². The number of hydrogen-bond donors (Lipinski definition) is 0. The average Bonchev–Trinajstić information content (AvgIpc) is 2.34. The van der Waals surface area contributed by atoms with Gasteiger partial charge in [-0.15, -0.1) is 0 Å². The molecule has 1 saturated heterocycles. The fourth-order valence-electron chi connectivity index (χ4n) is 2.00. The van der Waals surface area contributed by atoms with Crippen molar-refractivity contribution < 1.29 is 13.9 Å². The van der Waals surface area contributed by atoms with Gasteiger partial charge in [0.15, 0.2) is 0 Å². The lowest BCUT2D eigenvalue weighted by Crippen LogP contribution is -2.50. The monoisotopic (exact) mass is 315 g/mol. The summed E-state index contributed by atoms with van der Waals surface area (Å²) in [6, 6.07) is 4.36. The normalized spacial score (nSPS) is 24.1. The molecule has 1 amide bonds. The molecule has 2 unspecified atom stereocenters. The lowest BCUT2D eigenvalue weighted by atomic mass is 10.1. The smallest absolute Gasteiger partial charge is 0.257 e. The number of morpholine rings is 1. The van der Waals surface area contributed by atoms with Crippen molar-refractivity contribution in [2.24, 2.45) is 0 Å². The quantitative estimate of drug-likeness (QED) is 0.797. The van der Waals surface area contributed by atoms with Crippen molar-refractivity contribution in [3.63, 3.8) is 0 Å². The zero-order valence-electron chi connectivity index (χ0n) is 10.3. The van der Waals surface area contributed by atoms with E-state index in [1.165, 1.54) is 12.1 Å². The number of hydrogen-bond acceptors (Lipinski definition) is 2. The minimum Gasteiger partial charge on any atom is -0.375 e. The van der Waals surface area contributed by atoms with E-state index >= 15 is 0 Å². The molecule has 2 rings (SSSR count). The summed E-state index contributed by atoms with van der Waals surface area (Å²) in [4.78, 5) is 14.0. The molecule has 0 saturated carbocycles. The summed E-state index contributed by atoms with van der Waals surface area (Å²) in [7, 11) is 0. The Kier molecular flexibility index (Phi) is 4.02. The fraction of sp³-hybridized carbons (Fsp3) is 0.462. The largest absolute Gasteiger partial charge is 0.375 e. The molecule has 1 aromatic rings. The first-order chi connectivity index (χ1) is 8.49. The number of halogens is 2. The second-order valence-electron chi connectivity index (χ2n) is 4.57. The molecule has 2 atom stereocenters. The Morgan fingerprint density at radius 3 is 2.94 bits per heavy atom. The van der Waals surface area contributed by atoms with Gasteiger partial charge < -0.3 is 9.64 Å². The van der Waals surface area contributed by atoms with Gasteiger partial charge in [-0.1, -0.05) is 15.9 Å². The average molecular weight is 316 g/mol. The molecule has 3 nitrogen and oxygen atoms in total. The fourth-order valence-corrected chi connectivity index (χ4v) is 2.36. The van der Waals surface area contributed by atoms with E-state index in [0.29, 0.717) is 17.6 Å². The van der Waals surface area contributed by atoms with E-state index in [4.69, 9.17) is 4.74 Å².